The highest BCUT2D eigenvalue weighted by Gasteiger charge is 1.99. The summed E-state index contributed by atoms with van der Waals surface area (Å²) in [6, 6.07) is 11.5. The van der Waals surface area contributed by atoms with Crippen molar-refractivity contribution in [3.05, 3.63) is 52.8 Å². The Kier molecular flexibility index (Phi) is 4.59. The highest BCUT2D eigenvalue weighted by Crippen LogP contribution is 2.20. The molecule has 0 N–H and O–H groups in total. The Hall–Kier alpha value is -1.55. The van der Waals surface area contributed by atoms with Gasteiger partial charge in [0.25, 0.3) is 0 Å². The molecule has 0 atom stereocenters. The number of pyridine rings is 1. The molecule has 3 nitrogen and oxygen atoms in total. The van der Waals surface area contributed by atoms with Crippen LogP contribution in [0, 0.1) is 0 Å². The molecule has 4 heteroatoms. The molecule has 0 aliphatic carbocycles. The minimum atomic E-state index is 0.447. The summed E-state index contributed by atoms with van der Waals surface area (Å²) in [5, 5.41) is 0. The SMILES string of the molecule is CCOc1cccc(OCc2ccc(Br)cn2)c1. The first-order valence-electron chi connectivity index (χ1n) is 5.74. The Bertz CT molecular complexity index is 499. The summed E-state index contributed by atoms with van der Waals surface area (Å²) in [7, 11) is 0. The van der Waals surface area contributed by atoms with Gasteiger partial charge in [-0.25, -0.2) is 0 Å². The second-order valence-corrected chi connectivity index (χ2v) is 4.58. The maximum Gasteiger partial charge on any atom is 0.130 e. The maximum absolute atomic E-state index is 5.66. The molecular formula is C14H14BrNO2. The minimum absolute atomic E-state index is 0.447. The molecule has 0 unspecified atom stereocenters. The third-order valence-corrected chi connectivity index (χ3v) is 2.76. The third kappa shape index (κ3) is 3.74. The average molecular weight is 308 g/mol. The third-order valence-electron chi connectivity index (χ3n) is 2.29. The zero-order chi connectivity index (χ0) is 12.8. The van der Waals surface area contributed by atoms with E-state index in [1.807, 2.05) is 43.3 Å². The lowest BCUT2D eigenvalue weighted by atomic mass is 10.3. The van der Waals surface area contributed by atoms with Gasteiger partial charge in [-0.2, -0.15) is 0 Å². The molecule has 0 spiro atoms. The number of benzene rings is 1. The van der Waals surface area contributed by atoms with Crippen LogP contribution in [-0.4, -0.2) is 11.6 Å². The Morgan fingerprint density at radius 2 is 1.89 bits per heavy atom. The Labute approximate surface area is 115 Å². The molecule has 0 aliphatic rings. The number of hydrogen-bond acceptors (Lipinski definition) is 3. The molecule has 0 fully saturated rings. The second-order valence-electron chi connectivity index (χ2n) is 3.66. The zero-order valence-corrected chi connectivity index (χ0v) is 11.7. The fourth-order valence-corrected chi connectivity index (χ4v) is 1.70. The maximum atomic E-state index is 5.66. The smallest absolute Gasteiger partial charge is 0.130 e. The van der Waals surface area contributed by atoms with E-state index in [-0.39, 0.29) is 0 Å². The van der Waals surface area contributed by atoms with E-state index in [9.17, 15) is 0 Å². The predicted octanol–water partition coefficient (Wildman–Crippen LogP) is 3.82. The van der Waals surface area contributed by atoms with E-state index in [0.29, 0.717) is 13.2 Å². The number of aromatic nitrogens is 1. The highest BCUT2D eigenvalue weighted by atomic mass is 79.9. The van der Waals surface area contributed by atoms with Crippen molar-refractivity contribution >= 4 is 15.9 Å². The summed E-state index contributed by atoms with van der Waals surface area (Å²) in [5.41, 5.74) is 0.889. The van der Waals surface area contributed by atoms with Crippen molar-refractivity contribution in [3.8, 4) is 11.5 Å². The van der Waals surface area contributed by atoms with E-state index >= 15 is 0 Å². The van der Waals surface area contributed by atoms with Crippen LogP contribution in [0.25, 0.3) is 0 Å². The molecule has 2 rings (SSSR count). The second kappa shape index (κ2) is 6.40. The Balaban J connectivity index is 1.97. The van der Waals surface area contributed by atoms with Crippen molar-refractivity contribution in [1.82, 2.24) is 4.98 Å². The van der Waals surface area contributed by atoms with Gasteiger partial charge in [0.1, 0.15) is 18.1 Å². The van der Waals surface area contributed by atoms with Crippen molar-refractivity contribution in [2.24, 2.45) is 0 Å². The van der Waals surface area contributed by atoms with Gasteiger partial charge >= 0.3 is 0 Å². The quantitative estimate of drug-likeness (QED) is 0.841. The minimum Gasteiger partial charge on any atom is -0.494 e. The standard InChI is InChI=1S/C14H14BrNO2/c1-2-17-13-4-3-5-14(8-13)18-10-12-7-6-11(15)9-16-12/h3-9H,2,10H2,1H3. The van der Waals surface area contributed by atoms with Crippen LogP contribution in [0.1, 0.15) is 12.6 Å². The number of hydrogen-bond donors (Lipinski definition) is 0. The molecule has 1 heterocycles. The summed E-state index contributed by atoms with van der Waals surface area (Å²) in [6.07, 6.45) is 1.76. The molecule has 2 aromatic rings. The molecule has 0 amide bonds. The first-order valence-corrected chi connectivity index (χ1v) is 6.53. The van der Waals surface area contributed by atoms with Crippen LogP contribution in [0.2, 0.25) is 0 Å². The van der Waals surface area contributed by atoms with Gasteiger partial charge in [-0.15, -0.1) is 0 Å². The number of rotatable bonds is 5. The van der Waals surface area contributed by atoms with Crippen LogP contribution in [0.15, 0.2) is 47.1 Å². The van der Waals surface area contributed by atoms with Crippen molar-refractivity contribution < 1.29 is 9.47 Å². The molecule has 94 valence electrons. The van der Waals surface area contributed by atoms with E-state index in [1.165, 1.54) is 0 Å². The van der Waals surface area contributed by atoms with Gasteiger partial charge in [-0.3, -0.25) is 4.98 Å². The number of nitrogens with zero attached hydrogens (tertiary/aromatic N) is 1. The molecular weight excluding hydrogens is 294 g/mol. The predicted molar refractivity (Wildman–Crippen MR) is 73.9 cm³/mol. The summed E-state index contributed by atoms with van der Waals surface area (Å²) >= 11 is 3.35. The lowest BCUT2D eigenvalue weighted by molar-refractivity contribution is 0.295. The first-order chi connectivity index (χ1) is 8.78. The van der Waals surface area contributed by atoms with Crippen LogP contribution < -0.4 is 9.47 Å². The average Bonchev–Trinajstić information content (AvgIpc) is 2.39. The molecule has 0 radical (unpaired) electrons. The topological polar surface area (TPSA) is 31.4 Å². The van der Waals surface area contributed by atoms with Gasteiger partial charge in [0.05, 0.1) is 12.3 Å². The number of ether oxygens (including phenoxy) is 2. The molecule has 0 bridgehead atoms. The summed E-state index contributed by atoms with van der Waals surface area (Å²) in [4.78, 5) is 4.25. The summed E-state index contributed by atoms with van der Waals surface area (Å²) in [5.74, 6) is 1.60. The summed E-state index contributed by atoms with van der Waals surface area (Å²) in [6.45, 7) is 3.06. The normalized spacial score (nSPS) is 10.1. The van der Waals surface area contributed by atoms with Gasteiger partial charge < -0.3 is 9.47 Å². The van der Waals surface area contributed by atoms with Gasteiger partial charge in [0.15, 0.2) is 0 Å². The van der Waals surface area contributed by atoms with Crippen LogP contribution in [0.3, 0.4) is 0 Å². The van der Waals surface area contributed by atoms with E-state index < -0.39 is 0 Å². The lowest BCUT2D eigenvalue weighted by Gasteiger charge is -2.08. The van der Waals surface area contributed by atoms with Gasteiger partial charge in [-0.1, -0.05) is 6.07 Å². The van der Waals surface area contributed by atoms with Gasteiger partial charge in [0.2, 0.25) is 0 Å². The Morgan fingerprint density at radius 1 is 1.11 bits per heavy atom. The van der Waals surface area contributed by atoms with Crippen LogP contribution in [-0.2, 0) is 6.61 Å². The van der Waals surface area contributed by atoms with E-state index in [1.54, 1.807) is 6.20 Å². The highest BCUT2D eigenvalue weighted by molar-refractivity contribution is 9.10. The van der Waals surface area contributed by atoms with Crippen molar-refractivity contribution in [2.75, 3.05) is 6.61 Å². The molecule has 18 heavy (non-hydrogen) atoms. The number of halogens is 1. The van der Waals surface area contributed by atoms with Crippen LogP contribution >= 0.6 is 15.9 Å². The molecule has 0 saturated carbocycles. The van der Waals surface area contributed by atoms with Crippen molar-refractivity contribution in [3.63, 3.8) is 0 Å². The molecule has 1 aromatic heterocycles. The van der Waals surface area contributed by atoms with Gasteiger partial charge in [0, 0.05) is 16.7 Å². The Morgan fingerprint density at radius 3 is 2.56 bits per heavy atom. The summed E-state index contributed by atoms with van der Waals surface area (Å²) < 4.78 is 12.0. The molecule has 1 aromatic carbocycles. The van der Waals surface area contributed by atoms with Crippen molar-refractivity contribution in [2.45, 2.75) is 13.5 Å². The van der Waals surface area contributed by atoms with E-state index in [0.717, 1.165) is 21.7 Å². The van der Waals surface area contributed by atoms with Crippen LogP contribution in [0.4, 0.5) is 0 Å². The molecule has 0 aliphatic heterocycles. The fourth-order valence-electron chi connectivity index (χ4n) is 1.47. The monoisotopic (exact) mass is 307 g/mol. The van der Waals surface area contributed by atoms with Gasteiger partial charge in [-0.05, 0) is 47.1 Å². The largest absolute Gasteiger partial charge is 0.494 e. The van der Waals surface area contributed by atoms with Crippen LogP contribution in [0.5, 0.6) is 11.5 Å². The first kappa shape index (κ1) is 12.9. The zero-order valence-electron chi connectivity index (χ0n) is 10.1. The molecule has 0 saturated heterocycles. The lowest BCUT2D eigenvalue weighted by Crippen LogP contribution is -1.98. The van der Waals surface area contributed by atoms with Crippen molar-refractivity contribution in [1.29, 1.82) is 0 Å². The van der Waals surface area contributed by atoms with E-state index in [2.05, 4.69) is 20.9 Å². The fraction of sp³-hybridized carbons (Fsp3) is 0.214. The van der Waals surface area contributed by atoms with E-state index in [4.69, 9.17) is 9.47 Å².